The lowest BCUT2D eigenvalue weighted by molar-refractivity contribution is -0.129. The van der Waals surface area contributed by atoms with Crippen molar-refractivity contribution in [3.63, 3.8) is 0 Å². The van der Waals surface area contributed by atoms with Crippen LogP contribution >= 0.6 is 24.8 Å². The Kier molecular flexibility index (Phi) is 7.25. The standard InChI is InChI=1S/C15H20N4O2.2ClH/c16-14-10-4-3-9(6-10)13(14)15(21)18-8-12(20)19-11-2-1-5-17-7-11;;/h1-2,5,7,9-10,13-14H,3-4,6,8,16H2,(H,18,21)(H,19,20);2*1H. The van der Waals surface area contributed by atoms with Gasteiger partial charge in [-0.3, -0.25) is 14.6 Å². The molecule has 23 heavy (non-hydrogen) atoms. The molecule has 2 amide bonds. The van der Waals surface area contributed by atoms with Gasteiger partial charge in [0.05, 0.1) is 24.3 Å². The number of hydrogen-bond acceptors (Lipinski definition) is 4. The van der Waals surface area contributed by atoms with Crippen LogP contribution in [0.2, 0.25) is 0 Å². The molecule has 2 fully saturated rings. The van der Waals surface area contributed by atoms with Crippen molar-refractivity contribution in [3.8, 4) is 0 Å². The van der Waals surface area contributed by atoms with Crippen molar-refractivity contribution in [2.75, 3.05) is 11.9 Å². The molecule has 2 saturated carbocycles. The van der Waals surface area contributed by atoms with Crippen LogP contribution in [0.1, 0.15) is 19.3 Å². The SMILES string of the molecule is Cl.Cl.NC1C2CCC(C2)C1C(=O)NCC(=O)Nc1cccnc1. The number of pyridine rings is 1. The lowest BCUT2D eigenvalue weighted by atomic mass is 9.84. The summed E-state index contributed by atoms with van der Waals surface area (Å²) in [5, 5.41) is 5.39. The summed E-state index contributed by atoms with van der Waals surface area (Å²) in [6.45, 7) is -0.0334. The molecule has 1 heterocycles. The van der Waals surface area contributed by atoms with Crippen LogP contribution in [0.4, 0.5) is 5.69 Å². The highest BCUT2D eigenvalue weighted by molar-refractivity contribution is 5.94. The Balaban J connectivity index is 0.00000132. The summed E-state index contributed by atoms with van der Waals surface area (Å²) < 4.78 is 0. The number of carbonyl (C=O) groups is 2. The molecule has 6 nitrogen and oxygen atoms in total. The maximum atomic E-state index is 12.2. The third-order valence-corrected chi connectivity index (χ3v) is 4.65. The van der Waals surface area contributed by atoms with Crippen LogP contribution in [0, 0.1) is 17.8 Å². The van der Waals surface area contributed by atoms with Gasteiger partial charge in [0, 0.05) is 12.2 Å². The second-order valence-corrected chi connectivity index (χ2v) is 5.94. The van der Waals surface area contributed by atoms with Crippen LogP contribution in [0.5, 0.6) is 0 Å². The first-order valence-electron chi connectivity index (χ1n) is 7.38. The normalized spacial score (nSPS) is 27.5. The van der Waals surface area contributed by atoms with E-state index in [0.29, 0.717) is 17.5 Å². The molecule has 4 unspecified atom stereocenters. The maximum Gasteiger partial charge on any atom is 0.243 e. The van der Waals surface area contributed by atoms with Gasteiger partial charge in [-0.2, -0.15) is 0 Å². The van der Waals surface area contributed by atoms with Crippen molar-refractivity contribution >= 4 is 42.3 Å². The predicted octanol–water partition coefficient (Wildman–Crippen LogP) is 1.35. The van der Waals surface area contributed by atoms with Gasteiger partial charge in [0.25, 0.3) is 0 Å². The fourth-order valence-electron chi connectivity index (χ4n) is 3.65. The number of rotatable bonds is 4. The quantitative estimate of drug-likeness (QED) is 0.754. The van der Waals surface area contributed by atoms with E-state index in [1.54, 1.807) is 24.5 Å². The first-order valence-corrected chi connectivity index (χ1v) is 7.38. The Hall–Kier alpha value is -1.37. The summed E-state index contributed by atoms with van der Waals surface area (Å²) in [6.07, 6.45) is 6.47. The number of nitrogens with zero attached hydrogens (tertiary/aromatic N) is 1. The van der Waals surface area contributed by atoms with Gasteiger partial charge in [0.2, 0.25) is 11.8 Å². The zero-order chi connectivity index (χ0) is 14.8. The number of nitrogens with one attached hydrogen (secondary N) is 2. The van der Waals surface area contributed by atoms with Crippen molar-refractivity contribution in [2.45, 2.75) is 25.3 Å². The summed E-state index contributed by atoms with van der Waals surface area (Å²) in [4.78, 5) is 27.9. The molecule has 0 saturated heterocycles. The first-order chi connectivity index (χ1) is 10.1. The number of halogens is 2. The highest BCUT2D eigenvalue weighted by atomic mass is 35.5. The molecule has 0 aliphatic heterocycles. The van der Waals surface area contributed by atoms with Gasteiger partial charge in [-0.25, -0.2) is 0 Å². The van der Waals surface area contributed by atoms with Crippen LogP contribution in [0.3, 0.4) is 0 Å². The van der Waals surface area contributed by atoms with E-state index in [2.05, 4.69) is 15.6 Å². The Morgan fingerprint density at radius 3 is 2.61 bits per heavy atom. The molecule has 1 aromatic rings. The van der Waals surface area contributed by atoms with Gasteiger partial charge in [-0.05, 0) is 43.2 Å². The van der Waals surface area contributed by atoms with Crippen molar-refractivity contribution in [2.24, 2.45) is 23.5 Å². The van der Waals surface area contributed by atoms with Crippen molar-refractivity contribution in [1.29, 1.82) is 0 Å². The summed E-state index contributed by atoms with van der Waals surface area (Å²) >= 11 is 0. The van der Waals surface area contributed by atoms with E-state index in [4.69, 9.17) is 5.73 Å². The van der Waals surface area contributed by atoms with Crippen LogP contribution in [0.25, 0.3) is 0 Å². The van der Waals surface area contributed by atoms with Crippen LogP contribution in [-0.4, -0.2) is 29.4 Å². The molecule has 1 aromatic heterocycles. The van der Waals surface area contributed by atoms with E-state index in [-0.39, 0.29) is 55.1 Å². The predicted molar refractivity (Wildman–Crippen MR) is 92.7 cm³/mol. The van der Waals surface area contributed by atoms with Crippen LogP contribution in [0.15, 0.2) is 24.5 Å². The van der Waals surface area contributed by atoms with E-state index < -0.39 is 0 Å². The maximum absolute atomic E-state index is 12.2. The number of anilines is 1. The molecule has 2 aliphatic rings. The highest BCUT2D eigenvalue weighted by Gasteiger charge is 2.48. The molecular weight excluding hydrogens is 339 g/mol. The summed E-state index contributed by atoms with van der Waals surface area (Å²) in [5.74, 6) is 0.403. The van der Waals surface area contributed by atoms with E-state index in [1.165, 1.54) is 0 Å². The second-order valence-electron chi connectivity index (χ2n) is 5.94. The molecule has 128 valence electrons. The molecule has 0 spiro atoms. The Bertz CT molecular complexity index is 542. The topological polar surface area (TPSA) is 97.1 Å². The molecular formula is C15H22Cl2N4O2. The average molecular weight is 361 g/mol. The van der Waals surface area contributed by atoms with E-state index in [1.807, 2.05) is 0 Å². The van der Waals surface area contributed by atoms with Crippen molar-refractivity contribution < 1.29 is 9.59 Å². The van der Waals surface area contributed by atoms with E-state index >= 15 is 0 Å². The zero-order valence-corrected chi connectivity index (χ0v) is 14.2. The minimum Gasteiger partial charge on any atom is -0.347 e. The minimum absolute atomic E-state index is 0. The second kappa shape index (κ2) is 8.47. The Morgan fingerprint density at radius 1 is 1.26 bits per heavy atom. The van der Waals surface area contributed by atoms with Gasteiger partial charge in [-0.15, -0.1) is 24.8 Å². The lowest BCUT2D eigenvalue weighted by Crippen LogP contribution is -2.46. The lowest BCUT2D eigenvalue weighted by Gasteiger charge is -2.26. The molecule has 0 radical (unpaired) electrons. The fraction of sp³-hybridized carbons (Fsp3) is 0.533. The highest BCUT2D eigenvalue weighted by Crippen LogP contribution is 2.47. The molecule has 3 rings (SSSR count). The third-order valence-electron chi connectivity index (χ3n) is 4.65. The van der Waals surface area contributed by atoms with Crippen LogP contribution < -0.4 is 16.4 Å². The molecule has 8 heteroatoms. The number of hydrogen-bond donors (Lipinski definition) is 3. The molecule has 2 bridgehead atoms. The first kappa shape index (κ1) is 19.7. The van der Waals surface area contributed by atoms with Gasteiger partial charge in [0.15, 0.2) is 0 Å². The fourth-order valence-corrected chi connectivity index (χ4v) is 3.65. The molecule has 4 N–H and O–H groups in total. The monoisotopic (exact) mass is 360 g/mol. The third kappa shape index (κ3) is 4.34. The zero-order valence-electron chi connectivity index (χ0n) is 12.6. The summed E-state index contributed by atoms with van der Waals surface area (Å²) in [5.41, 5.74) is 6.74. The number of carbonyl (C=O) groups excluding carboxylic acids is 2. The van der Waals surface area contributed by atoms with Gasteiger partial charge in [0.1, 0.15) is 0 Å². The van der Waals surface area contributed by atoms with Crippen LogP contribution in [-0.2, 0) is 9.59 Å². The number of amides is 2. The smallest absolute Gasteiger partial charge is 0.243 e. The number of fused-ring (bicyclic) bond motifs is 2. The van der Waals surface area contributed by atoms with E-state index in [9.17, 15) is 9.59 Å². The Morgan fingerprint density at radius 2 is 2.00 bits per heavy atom. The number of aromatic nitrogens is 1. The molecule has 0 aromatic carbocycles. The summed E-state index contributed by atoms with van der Waals surface area (Å²) in [6, 6.07) is 3.44. The Labute approximate surface area is 147 Å². The van der Waals surface area contributed by atoms with E-state index in [0.717, 1.165) is 19.3 Å². The average Bonchev–Trinajstić information content (AvgIpc) is 3.07. The molecule has 2 aliphatic carbocycles. The largest absolute Gasteiger partial charge is 0.347 e. The minimum atomic E-state index is -0.256. The van der Waals surface area contributed by atoms with Crippen molar-refractivity contribution in [3.05, 3.63) is 24.5 Å². The van der Waals surface area contributed by atoms with Gasteiger partial charge >= 0.3 is 0 Å². The van der Waals surface area contributed by atoms with Gasteiger partial charge in [-0.1, -0.05) is 0 Å². The molecule has 4 atom stereocenters. The van der Waals surface area contributed by atoms with Crippen molar-refractivity contribution in [1.82, 2.24) is 10.3 Å². The van der Waals surface area contributed by atoms with Gasteiger partial charge < -0.3 is 16.4 Å². The number of nitrogens with two attached hydrogens (primary N) is 1. The summed E-state index contributed by atoms with van der Waals surface area (Å²) in [7, 11) is 0.